The fourth-order valence-electron chi connectivity index (χ4n) is 3.42. The van der Waals surface area contributed by atoms with Gasteiger partial charge in [0.15, 0.2) is 0 Å². The van der Waals surface area contributed by atoms with E-state index in [9.17, 15) is 14.7 Å². The van der Waals surface area contributed by atoms with Crippen LogP contribution in [0.2, 0.25) is 0 Å². The van der Waals surface area contributed by atoms with Crippen molar-refractivity contribution in [3.8, 4) is 5.75 Å². The molecule has 0 spiro atoms. The first-order valence-corrected chi connectivity index (χ1v) is 10.8. The maximum absolute atomic E-state index is 12.7. The molecule has 0 atom stereocenters. The number of benzene rings is 1. The summed E-state index contributed by atoms with van der Waals surface area (Å²) in [4.78, 5) is 32.8. The van der Waals surface area contributed by atoms with E-state index in [-0.39, 0.29) is 11.5 Å². The summed E-state index contributed by atoms with van der Waals surface area (Å²) in [5.74, 6) is -0.571. The van der Waals surface area contributed by atoms with Gasteiger partial charge >= 0.3 is 5.97 Å². The van der Waals surface area contributed by atoms with Gasteiger partial charge in [0.1, 0.15) is 18.0 Å². The molecule has 0 unspecified atom stereocenters. The lowest BCUT2D eigenvalue weighted by molar-refractivity contribution is -0.132. The predicted octanol–water partition coefficient (Wildman–Crippen LogP) is 4.75. The Morgan fingerprint density at radius 1 is 1.12 bits per heavy atom. The standard InChI is InChI=1S/C26H24N4O4/c1-3-18(26(32)33)14-23-17(2)30-15-20(9-12-24(30)29-23)28-25(31)19-7-10-22(11-8-19)34-16-21-6-4-5-13-27-21/h4-15H,3,16H2,1-2H3,(H,28,31)(H,32,33). The predicted molar refractivity (Wildman–Crippen MR) is 129 cm³/mol. The molecule has 0 saturated carbocycles. The largest absolute Gasteiger partial charge is 0.487 e. The maximum atomic E-state index is 12.7. The van der Waals surface area contributed by atoms with E-state index in [0.717, 1.165) is 11.4 Å². The summed E-state index contributed by atoms with van der Waals surface area (Å²) in [6.45, 7) is 3.99. The van der Waals surface area contributed by atoms with Crippen molar-refractivity contribution in [2.75, 3.05) is 5.32 Å². The van der Waals surface area contributed by atoms with Crippen molar-refractivity contribution in [2.24, 2.45) is 0 Å². The third kappa shape index (κ3) is 5.12. The van der Waals surface area contributed by atoms with Crippen molar-refractivity contribution in [3.05, 3.63) is 95.2 Å². The molecule has 0 radical (unpaired) electrons. The van der Waals surface area contributed by atoms with E-state index in [2.05, 4.69) is 15.3 Å². The van der Waals surface area contributed by atoms with Crippen LogP contribution < -0.4 is 10.1 Å². The minimum absolute atomic E-state index is 0.257. The van der Waals surface area contributed by atoms with Crippen LogP contribution in [0.15, 0.2) is 72.6 Å². The Labute approximate surface area is 196 Å². The Morgan fingerprint density at radius 3 is 2.59 bits per heavy atom. The van der Waals surface area contributed by atoms with E-state index in [0.29, 0.717) is 41.4 Å². The van der Waals surface area contributed by atoms with Crippen molar-refractivity contribution in [3.63, 3.8) is 0 Å². The average molecular weight is 457 g/mol. The third-order valence-electron chi connectivity index (χ3n) is 5.35. The van der Waals surface area contributed by atoms with Gasteiger partial charge in [-0.05, 0) is 68.0 Å². The van der Waals surface area contributed by atoms with Crippen molar-refractivity contribution >= 4 is 29.3 Å². The zero-order valence-corrected chi connectivity index (χ0v) is 18.9. The number of hydrogen-bond acceptors (Lipinski definition) is 5. The number of carboxylic acid groups (broad SMARTS) is 1. The van der Waals surface area contributed by atoms with Gasteiger partial charge < -0.3 is 19.6 Å². The number of nitrogens with one attached hydrogen (secondary N) is 1. The second kappa shape index (κ2) is 9.99. The number of imidazole rings is 1. The highest BCUT2D eigenvalue weighted by Crippen LogP contribution is 2.20. The molecular formula is C26H24N4O4. The van der Waals surface area contributed by atoms with Crippen LogP contribution in [0.1, 0.15) is 40.8 Å². The average Bonchev–Trinajstić information content (AvgIpc) is 3.16. The Morgan fingerprint density at radius 2 is 1.91 bits per heavy atom. The SMILES string of the molecule is CCC(=Cc1nc2ccc(NC(=O)c3ccc(OCc4ccccn4)cc3)cn2c1C)C(=O)O. The summed E-state index contributed by atoms with van der Waals surface area (Å²) in [6.07, 6.45) is 5.46. The van der Waals surface area contributed by atoms with Crippen LogP contribution in [0.25, 0.3) is 11.7 Å². The van der Waals surface area contributed by atoms with Crippen LogP contribution in [0, 0.1) is 6.92 Å². The van der Waals surface area contributed by atoms with Crippen LogP contribution >= 0.6 is 0 Å². The highest BCUT2D eigenvalue weighted by molar-refractivity contribution is 6.04. The first kappa shape index (κ1) is 22.7. The number of fused-ring (bicyclic) bond motifs is 1. The van der Waals surface area contributed by atoms with Gasteiger partial charge in [-0.2, -0.15) is 0 Å². The molecule has 0 aliphatic heterocycles. The molecule has 0 saturated heterocycles. The quantitative estimate of drug-likeness (QED) is 0.371. The van der Waals surface area contributed by atoms with E-state index in [4.69, 9.17) is 4.74 Å². The molecule has 3 aromatic heterocycles. The third-order valence-corrected chi connectivity index (χ3v) is 5.35. The Balaban J connectivity index is 1.46. The van der Waals surface area contributed by atoms with Crippen LogP contribution in [0.3, 0.4) is 0 Å². The first-order valence-electron chi connectivity index (χ1n) is 10.8. The number of anilines is 1. The molecule has 2 N–H and O–H groups in total. The van der Waals surface area contributed by atoms with Crippen molar-refractivity contribution in [1.29, 1.82) is 0 Å². The van der Waals surface area contributed by atoms with E-state index in [1.807, 2.05) is 29.5 Å². The summed E-state index contributed by atoms with van der Waals surface area (Å²) >= 11 is 0. The van der Waals surface area contributed by atoms with Gasteiger partial charge in [0, 0.05) is 29.2 Å². The number of carboxylic acids is 1. The maximum Gasteiger partial charge on any atom is 0.331 e. The molecular weight excluding hydrogens is 432 g/mol. The van der Waals surface area contributed by atoms with Gasteiger partial charge in [-0.1, -0.05) is 13.0 Å². The van der Waals surface area contributed by atoms with E-state index in [1.165, 1.54) is 0 Å². The molecule has 4 rings (SSSR count). The first-order chi connectivity index (χ1) is 16.4. The minimum atomic E-state index is -0.958. The number of carbonyl (C=O) groups excluding carboxylic acids is 1. The second-order valence-electron chi connectivity index (χ2n) is 7.64. The lowest BCUT2D eigenvalue weighted by atomic mass is 10.1. The van der Waals surface area contributed by atoms with E-state index < -0.39 is 5.97 Å². The number of amides is 1. The summed E-state index contributed by atoms with van der Waals surface area (Å²) in [5.41, 5.74) is 4.23. The smallest absolute Gasteiger partial charge is 0.331 e. The fourth-order valence-corrected chi connectivity index (χ4v) is 3.42. The Bertz CT molecular complexity index is 1360. The molecule has 0 fully saturated rings. The van der Waals surface area contributed by atoms with Crippen LogP contribution in [0.4, 0.5) is 5.69 Å². The normalized spacial score (nSPS) is 11.4. The number of carbonyl (C=O) groups is 2. The van der Waals surface area contributed by atoms with Gasteiger partial charge in [0.25, 0.3) is 5.91 Å². The molecule has 0 bridgehead atoms. The molecule has 1 amide bonds. The highest BCUT2D eigenvalue weighted by atomic mass is 16.5. The molecule has 8 heteroatoms. The molecule has 1 aromatic carbocycles. The molecule has 8 nitrogen and oxygen atoms in total. The fraction of sp³-hybridized carbons (Fsp3) is 0.154. The summed E-state index contributed by atoms with van der Waals surface area (Å²) in [6, 6.07) is 16.1. The molecule has 34 heavy (non-hydrogen) atoms. The van der Waals surface area contributed by atoms with Gasteiger partial charge in [-0.15, -0.1) is 0 Å². The summed E-state index contributed by atoms with van der Waals surface area (Å²) < 4.78 is 7.54. The molecule has 4 aromatic rings. The summed E-state index contributed by atoms with van der Waals surface area (Å²) in [5, 5.41) is 12.2. The number of aliphatic carboxylic acids is 1. The number of ether oxygens (including phenoxy) is 1. The molecule has 0 aliphatic rings. The monoisotopic (exact) mass is 456 g/mol. The topological polar surface area (TPSA) is 106 Å². The van der Waals surface area contributed by atoms with Crippen molar-refractivity contribution in [2.45, 2.75) is 26.9 Å². The van der Waals surface area contributed by atoms with Crippen molar-refractivity contribution < 1.29 is 19.4 Å². The van der Waals surface area contributed by atoms with Crippen LogP contribution in [0.5, 0.6) is 5.75 Å². The minimum Gasteiger partial charge on any atom is -0.487 e. The number of aryl methyl sites for hydroxylation is 1. The Kier molecular flexibility index (Phi) is 6.68. The van der Waals surface area contributed by atoms with E-state index >= 15 is 0 Å². The van der Waals surface area contributed by atoms with Crippen LogP contribution in [-0.4, -0.2) is 31.4 Å². The van der Waals surface area contributed by atoms with Gasteiger partial charge in [-0.3, -0.25) is 9.78 Å². The zero-order chi connectivity index (χ0) is 24.1. The Hall–Kier alpha value is -4.46. The van der Waals surface area contributed by atoms with Gasteiger partial charge in [0.2, 0.25) is 0 Å². The lowest BCUT2D eigenvalue weighted by Gasteiger charge is -2.08. The van der Waals surface area contributed by atoms with Gasteiger partial charge in [-0.25, -0.2) is 9.78 Å². The molecule has 0 aliphatic carbocycles. The van der Waals surface area contributed by atoms with Crippen molar-refractivity contribution in [1.82, 2.24) is 14.4 Å². The highest BCUT2D eigenvalue weighted by Gasteiger charge is 2.12. The summed E-state index contributed by atoms with van der Waals surface area (Å²) in [7, 11) is 0. The number of rotatable bonds is 8. The number of nitrogens with zero attached hydrogens (tertiary/aromatic N) is 3. The number of hydrogen-bond donors (Lipinski definition) is 2. The van der Waals surface area contributed by atoms with Gasteiger partial charge in [0.05, 0.1) is 17.1 Å². The lowest BCUT2D eigenvalue weighted by Crippen LogP contribution is -2.12. The second-order valence-corrected chi connectivity index (χ2v) is 7.64. The van der Waals surface area contributed by atoms with Crippen LogP contribution in [-0.2, 0) is 11.4 Å². The number of pyridine rings is 2. The molecule has 3 heterocycles. The van der Waals surface area contributed by atoms with E-state index in [1.54, 1.807) is 61.8 Å². The number of aromatic nitrogens is 3. The molecule has 172 valence electrons. The zero-order valence-electron chi connectivity index (χ0n) is 18.9.